The van der Waals surface area contributed by atoms with Crippen LogP contribution in [0.15, 0.2) is 97.2 Å². The first kappa shape index (κ1) is 35.4. The van der Waals surface area contributed by atoms with E-state index in [1.165, 1.54) is 16.5 Å². The molecule has 0 aliphatic heterocycles. The minimum atomic E-state index is 0. The Morgan fingerprint density at radius 3 is 2.38 bits per heavy atom. The summed E-state index contributed by atoms with van der Waals surface area (Å²) in [4.78, 5) is 4.88. The molecule has 0 spiro atoms. The topological polar surface area (TPSA) is 44.9 Å². The molecule has 3 heterocycles. The molecule has 0 bridgehead atoms. The van der Waals surface area contributed by atoms with E-state index in [-0.39, 0.29) is 26.5 Å². The normalized spacial score (nSPS) is 12.3. The first-order valence-corrected chi connectivity index (χ1v) is 17.4. The fraction of sp³-hybridized carbons (Fsp3) is 0.273. The average molecular weight is 840 g/mol. The molecular weight excluding hydrogens is 796 g/mol. The minimum absolute atomic E-state index is 0. The fourth-order valence-corrected chi connectivity index (χ4v) is 6.68. The van der Waals surface area contributed by atoms with Crippen molar-refractivity contribution in [2.75, 3.05) is 0 Å². The molecule has 0 amide bonds. The van der Waals surface area contributed by atoms with E-state index in [1.54, 1.807) is 0 Å². The average Bonchev–Trinajstić information content (AvgIpc) is 3.59. The van der Waals surface area contributed by atoms with Gasteiger partial charge in [0, 0.05) is 34.5 Å². The van der Waals surface area contributed by atoms with Gasteiger partial charge >= 0.3 is 21.1 Å². The second kappa shape index (κ2) is 14.4. The number of pyridine rings is 1. The van der Waals surface area contributed by atoms with Crippen molar-refractivity contribution < 1.29 is 25.8 Å². The molecule has 3 aromatic heterocycles. The summed E-state index contributed by atoms with van der Waals surface area (Å²) in [5, 5.41) is 7.21. The van der Waals surface area contributed by atoms with Crippen LogP contribution in [0.5, 0.6) is 11.5 Å². The summed E-state index contributed by atoms with van der Waals surface area (Å²) in [6.07, 6.45) is 5.13. The molecule has 0 saturated carbocycles. The summed E-state index contributed by atoms with van der Waals surface area (Å²) < 4.78 is 10.7. The number of ether oxygens (including phenoxy) is 1. The van der Waals surface area contributed by atoms with Crippen LogP contribution in [0.25, 0.3) is 44.4 Å². The predicted octanol–water partition coefficient (Wildman–Crippen LogP) is 11.5. The van der Waals surface area contributed by atoms with Crippen LogP contribution in [-0.4, -0.2) is 19.3 Å². The maximum Gasteiger partial charge on any atom is 2.00 e. The number of fused-ring (bicyclic) bond motifs is 3. The second-order valence-corrected chi connectivity index (χ2v) is 14.4. The van der Waals surface area contributed by atoms with E-state index in [2.05, 4.69) is 126 Å². The molecule has 0 fully saturated rings. The number of aryl methyl sites for hydroxylation is 2. The largest absolute Gasteiger partial charge is 2.00 e. The van der Waals surface area contributed by atoms with Gasteiger partial charge in [-0.25, -0.2) is 4.98 Å². The van der Waals surface area contributed by atoms with Crippen molar-refractivity contribution in [1.82, 2.24) is 19.3 Å². The maximum absolute atomic E-state index is 6.49. The van der Waals surface area contributed by atoms with Gasteiger partial charge < -0.3 is 9.30 Å². The van der Waals surface area contributed by atoms with Gasteiger partial charge in [0.1, 0.15) is 5.82 Å². The monoisotopic (exact) mass is 839 g/mol. The third kappa shape index (κ3) is 7.07. The molecule has 7 rings (SSSR count). The number of aromatic nitrogens is 4. The molecule has 6 heteroatoms. The van der Waals surface area contributed by atoms with Gasteiger partial charge in [-0.15, -0.1) is 35.7 Å². The van der Waals surface area contributed by atoms with Gasteiger partial charge in [-0.2, -0.15) is 17.2 Å². The Hall–Kier alpha value is -4.47. The van der Waals surface area contributed by atoms with Crippen LogP contribution >= 0.6 is 0 Å². The number of benzene rings is 4. The molecule has 0 saturated heterocycles. The van der Waals surface area contributed by atoms with Crippen LogP contribution in [0, 0.1) is 31.4 Å². The molecule has 4 aromatic carbocycles. The quantitative estimate of drug-likeness (QED) is 0.136. The van der Waals surface area contributed by atoms with Crippen molar-refractivity contribution in [2.24, 2.45) is 5.41 Å². The third-order valence-electron chi connectivity index (χ3n) is 9.61. The Balaban J connectivity index is 0.00000432. The second-order valence-electron chi connectivity index (χ2n) is 14.4. The van der Waals surface area contributed by atoms with E-state index in [0.29, 0.717) is 17.4 Å². The third-order valence-corrected chi connectivity index (χ3v) is 9.61. The van der Waals surface area contributed by atoms with Crippen molar-refractivity contribution in [3.8, 4) is 34.1 Å². The standard InChI is InChI=1S/C44H44N4O.Pt/c1-8-29(2)34-17-20-40-39(26-34)38-19-18-37(28-41(38)47(40)42-25-32(22-24-45-42)21-23-44(5,6)7)49-36-16-12-15-35(27-36)48-31(4)43(30(3)46-48)33-13-10-9-11-14-33;/h9-20,22,24-26,29H,8,21,23H2,1-7H3;/q-2;+2. The van der Waals surface area contributed by atoms with Gasteiger partial charge in [0.15, 0.2) is 0 Å². The summed E-state index contributed by atoms with van der Waals surface area (Å²) in [7, 11) is 0. The van der Waals surface area contributed by atoms with Gasteiger partial charge in [0.25, 0.3) is 0 Å². The summed E-state index contributed by atoms with van der Waals surface area (Å²) in [6.45, 7) is 15.6. The van der Waals surface area contributed by atoms with Crippen molar-refractivity contribution in [3.63, 3.8) is 0 Å². The van der Waals surface area contributed by atoms with Crippen molar-refractivity contribution >= 4 is 21.8 Å². The van der Waals surface area contributed by atoms with E-state index >= 15 is 0 Å². The van der Waals surface area contributed by atoms with Crippen LogP contribution in [0.3, 0.4) is 0 Å². The Bertz CT molecular complexity index is 2280. The molecule has 0 radical (unpaired) electrons. The summed E-state index contributed by atoms with van der Waals surface area (Å²) >= 11 is 0. The van der Waals surface area contributed by atoms with Gasteiger partial charge in [0.05, 0.1) is 5.69 Å². The van der Waals surface area contributed by atoms with Gasteiger partial charge in [-0.05, 0) is 90.4 Å². The predicted molar refractivity (Wildman–Crippen MR) is 201 cm³/mol. The van der Waals surface area contributed by atoms with Gasteiger partial charge in [-0.1, -0.05) is 82.6 Å². The van der Waals surface area contributed by atoms with Crippen LogP contribution in [0.4, 0.5) is 0 Å². The Morgan fingerprint density at radius 1 is 0.840 bits per heavy atom. The van der Waals surface area contributed by atoms with Crippen LogP contribution in [-0.2, 0) is 27.5 Å². The van der Waals surface area contributed by atoms with Gasteiger partial charge in [0.2, 0.25) is 0 Å². The zero-order valence-corrected chi connectivity index (χ0v) is 32.2. The molecule has 5 nitrogen and oxygen atoms in total. The molecule has 0 N–H and O–H groups in total. The smallest absolute Gasteiger partial charge is 0.509 e. The van der Waals surface area contributed by atoms with Crippen molar-refractivity contribution in [2.45, 2.75) is 73.6 Å². The molecule has 0 aliphatic carbocycles. The van der Waals surface area contributed by atoms with E-state index < -0.39 is 0 Å². The van der Waals surface area contributed by atoms with E-state index in [1.807, 2.05) is 41.2 Å². The first-order valence-electron chi connectivity index (χ1n) is 17.4. The number of hydrogen-bond acceptors (Lipinski definition) is 3. The molecule has 0 aliphatic rings. The Morgan fingerprint density at radius 2 is 1.62 bits per heavy atom. The van der Waals surface area contributed by atoms with E-state index in [4.69, 9.17) is 14.8 Å². The summed E-state index contributed by atoms with van der Waals surface area (Å²) in [6, 6.07) is 38.8. The Labute approximate surface area is 310 Å². The van der Waals surface area contributed by atoms with Crippen LogP contribution in [0.2, 0.25) is 0 Å². The van der Waals surface area contributed by atoms with Gasteiger partial charge in [-0.3, -0.25) is 4.68 Å². The SMILES string of the molecule is CCC(C)c1ccc2c(c1)c1ccc(Oc3[c-]c(-n4nc(C)c(-c5ccccc5)c4C)ccc3)[c-]c1n2-c1cc(CCC(C)(C)C)ccn1.[Pt+2]. The summed E-state index contributed by atoms with van der Waals surface area (Å²) in [5.74, 6) is 2.59. The summed E-state index contributed by atoms with van der Waals surface area (Å²) in [5.41, 5.74) is 10.1. The van der Waals surface area contributed by atoms with Crippen LogP contribution in [0.1, 0.15) is 75.9 Å². The molecule has 256 valence electrons. The molecule has 1 unspecified atom stereocenters. The molecule has 7 aromatic rings. The van der Waals surface area contributed by atoms with E-state index in [9.17, 15) is 0 Å². The molecule has 1 atom stereocenters. The zero-order valence-electron chi connectivity index (χ0n) is 29.9. The van der Waals surface area contributed by atoms with Crippen LogP contribution < -0.4 is 4.74 Å². The number of hydrogen-bond donors (Lipinski definition) is 0. The zero-order chi connectivity index (χ0) is 34.3. The fourth-order valence-electron chi connectivity index (χ4n) is 6.68. The van der Waals surface area contributed by atoms with E-state index in [0.717, 1.165) is 69.7 Å². The molecule has 50 heavy (non-hydrogen) atoms. The van der Waals surface area contributed by atoms with Crippen molar-refractivity contribution in [1.29, 1.82) is 0 Å². The maximum atomic E-state index is 6.49. The van der Waals surface area contributed by atoms with Crippen molar-refractivity contribution in [3.05, 3.63) is 132 Å². The number of rotatable bonds is 9. The first-order chi connectivity index (χ1) is 23.6. The number of nitrogens with zero attached hydrogens (tertiary/aromatic N) is 4. The minimum Gasteiger partial charge on any atom is -0.509 e. The Kier molecular flexibility index (Phi) is 10.2. The molecular formula is C44H44N4OPt.